The molecule has 0 radical (unpaired) electrons. The van der Waals surface area contributed by atoms with Crippen LogP contribution in [0.4, 0.5) is 0 Å². The summed E-state index contributed by atoms with van der Waals surface area (Å²) in [6.45, 7) is 6.47. The van der Waals surface area contributed by atoms with Crippen LogP contribution in [-0.2, 0) is 13.5 Å². The molecule has 1 heterocycles. The Morgan fingerprint density at radius 2 is 2.00 bits per heavy atom. The summed E-state index contributed by atoms with van der Waals surface area (Å²) in [7, 11) is 6.25. The Hall–Kier alpha value is -0.910. The van der Waals surface area contributed by atoms with Crippen LogP contribution in [0.2, 0.25) is 0 Å². The van der Waals surface area contributed by atoms with Crippen LogP contribution in [0.1, 0.15) is 38.1 Å². The van der Waals surface area contributed by atoms with E-state index in [2.05, 4.69) is 49.4 Å². The van der Waals surface area contributed by atoms with Crippen molar-refractivity contribution in [3.8, 4) is 0 Å². The largest absolute Gasteiger partial charge is 0.302 e. The van der Waals surface area contributed by atoms with Crippen LogP contribution in [0, 0.1) is 6.92 Å². The van der Waals surface area contributed by atoms with Crippen LogP contribution in [0.3, 0.4) is 0 Å². The lowest BCUT2D eigenvalue weighted by Crippen LogP contribution is -2.61. The predicted octanol–water partition coefficient (Wildman–Crippen LogP) is 1.22. The second kappa shape index (κ2) is 6.50. The highest BCUT2D eigenvalue weighted by Gasteiger charge is 2.37. The highest BCUT2D eigenvalue weighted by atomic mass is 15.3. The van der Waals surface area contributed by atoms with E-state index in [0.717, 1.165) is 25.0 Å². The molecule has 0 aliphatic rings. The van der Waals surface area contributed by atoms with E-state index in [1.807, 2.05) is 18.7 Å². The first-order valence-corrected chi connectivity index (χ1v) is 7.04. The van der Waals surface area contributed by atoms with E-state index in [9.17, 15) is 0 Å². The molecule has 0 amide bonds. The van der Waals surface area contributed by atoms with Crippen LogP contribution in [0.25, 0.3) is 0 Å². The highest BCUT2D eigenvalue weighted by Crippen LogP contribution is 2.27. The van der Waals surface area contributed by atoms with Gasteiger partial charge in [0, 0.05) is 30.7 Å². The molecule has 5 nitrogen and oxygen atoms in total. The average molecular weight is 267 g/mol. The van der Waals surface area contributed by atoms with Crippen LogP contribution < -0.4 is 11.3 Å². The topological polar surface area (TPSA) is 59.1 Å². The molecule has 1 atom stereocenters. The van der Waals surface area contributed by atoms with E-state index < -0.39 is 0 Å². The molecule has 0 bridgehead atoms. The summed E-state index contributed by atoms with van der Waals surface area (Å²) in [4.78, 5) is 2.29. The van der Waals surface area contributed by atoms with Gasteiger partial charge in [-0.3, -0.25) is 16.0 Å². The zero-order valence-electron chi connectivity index (χ0n) is 13.2. The predicted molar refractivity (Wildman–Crippen MR) is 79.8 cm³/mol. The van der Waals surface area contributed by atoms with Gasteiger partial charge >= 0.3 is 0 Å². The normalized spacial score (nSPS) is 14.1. The van der Waals surface area contributed by atoms with Crippen molar-refractivity contribution in [2.45, 2.75) is 51.6 Å². The molecule has 0 spiro atoms. The molecular weight excluding hydrogens is 238 g/mol. The van der Waals surface area contributed by atoms with E-state index in [0.29, 0.717) is 0 Å². The molecule has 1 aromatic heterocycles. The third kappa shape index (κ3) is 3.16. The molecule has 0 fully saturated rings. The fourth-order valence-electron chi connectivity index (χ4n) is 3.16. The lowest BCUT2D eigenvalue weighted by Gasteiger charge is -2.45. The van der Waals surface area contributed by atoms with E-state index in [-0.39, 0.29) is 11.6 Å². The van der Waals surface area contributed by atoms with Gasteiger partial charge in [0.05, 0.1) is 5.69 Å². The third-order valence-corrected chi connectivity index (χ3v) is 4.48. The number of nitrogens with zero attached hydrogens (tertiary/aromatic N) is 3. The molecule has 19 heavy (non-hydrogen) atoms. The van der Waals surface area contributed by atoms with Crippen LogP contribution >= 0.6 is 0 Å². The molecule has 1 unspecified atom stereocenters. The molecular formula is C14H29N5. The lowest BCUT2D eigenvalue weighted by atomic mass is 9.81. The summed E-state index contributed by atoms with van der Waals surface area (Å²) < 4.78 is 1.95. The Morgan fingerprint density at radius 3 is 2.32 bits per heavy atom. The molecule has 0 saturated carbocycles. The first kappa shape index (κ1) is 16.1. The van der Waals surface area contributed by atoms with E-state index in [4.69, 9.17) is 5.84 Å². The summed E-state index contributed by atoms with van der Waals surface area (Å²) in [5.41, 5.74) is 5.36. The number of nitrogens with one attached hydrogen (secondary N) is 1. The molecule has 1 rings (SSSR count). The maximum Gasteiger partial charge on any atom is 0.0596 e. The van der Waals surface area contributed by atoms with Crippen molar-refractivity contribution in [2.75, 3.05) is 14.1 Å². The van der Waals surface area contributed by atoms with Crippen LogP contribution in [0.5, 0.6) is 0 Å². The average Bonchev–Trinajstić information content (AvgIpc) is 2.68. The minimum atomic E-state index is 0.0624. The van der Waals surface area contributed by atoms with E-state index in [1.54, 1.807) is 0 Å². The van der Waals surface area contributed by atoms with Crippen LogP contribution in [0.15, 0.2) is 6.07 Å². The SMILES string of the molecule is CCC(CC)(C(Cc1cc(C)nn1C)NN)N(C)C. The molecule has 5 heteroatoms. The van der Waals surface area contributed by atoms with Crippen molar-refractivity contribution in [1.82, 2.24) is 20.1 Å². The number of aromatic nitrogens is 2. The van der Waals surface area contributed by atoms with Gasteiger partial charge in [0.25, 0.3) is 0 Å². The Balaban J connectivity index is 3.02. The minimum absolute atomic E-state index is 0.0624. The molecule has 110 valence electrons. The number of hydrogen-bond acceptors (Lipinski definition) is 4. The summed E-state index contributed by atoms with van der Waals surface area (Å²) in [6.07, 6.45) is 3.00. The minimum Gasteiger partial charge on any atom is -0.302 e. The van der Waals surface area contributed by atoms with Gasteiger partial charge in [-0.1, -0.05) is 13.8 Å². The van der Waals surface area contributed by atoms with Gasteiger partial charge in [-0.2, -0.15) is 5.10 Å². The molecule has 1 aromatic rings. The summed E-state index contributed by atoms with van der Waals surface area (Å²) in [5.74, 6) is 5.85. The van der Waals surface area contributed by atoms with Crippen molar-refractivity contribution in [1.29, 1.82) is 0 Å². The van der Waals surface area contributed by atoms with Gasteiger partial charge in [-0.15, -0.1) is 0 Å². The van der Waals surface area contributed by atoms with Crippen molar-refractivity contribution in [3.05, 3.63) is 17.5 Å². The smallest absolute Gasteiger partial charge is 0.0596 e. The summed E-state index contributed by atoms with van der Waals surface area (Å²) >= 11 is 0. The maximum absolute atomic E-state index is 5.85. The zero-order valence-corrected chi connectivity index (χ0v) is 13.2. The van der Waals surface area contributed by atoms with E-state index >= 15 is 0 Å². The lowest BCUT2D eigenvalue weighted by molar-refractivity contribution is 0.0874. The maximum atomic E-state index is 5.85. The standard InChI is InChI=1S/C14H29N5/c1-7-14(8-2,18(4)5)13(16-15)10-12-9-11(3)17-19(12)6/h9,13,16H,7-8,10,15H2,1-6H3. The van der Waals surface area contributed by atoms with Crippen LogP contribution in [-0.4, -0.2) is 40.4 Å². The van der Waals surface area contributed by atoms with Gasteiger partial charge < -0.3 is 4.90 Å². The van der Waals surface area contributed by atoms with Crippen molar-refractivity contribution in [3.63, 3.8) is 0 Å². The van der Waals surface area contributed by atoms with Crippen molar-refractivity contribution in [2.24, 2.45) is 12.9 Å². The van der Waals surface area contributed by atoms with Crippen molar-refractivity contribution < 1.29 is 0 Å². The second-order valence-corrected chi connectivity index (χ2v) is 5.53. The number of hydrazine groups is 1. The monoisotopic (exact) mass is 267 g/mol. The summed E-state index contributed by atoms with van der Waals surface area (Å²) in [6, 6.07) is 2.34. The Morgan fingerprint density at radius 1 is 1.42 bits per heavy atom. The first-order chi connectivity index (χ1) is 8.91. The zero-order chi connectivity index (χ0) is 14.6. The molecule has 0 saturated heterocycles. The number of likely N-dealkylation sites (N-methyl/N-ethyl adjacent to an activating group) is 1. The van der Waals surface area contributed by atoms with Gasteiger partial charge in [0.15, 0.2) is 0 Å². The first-order valence-electron chi connectivity index (χ1n) is 7.04. The van der Waals surface area contributed by atoms with Gasteiger partial charge in [-0.25, -0.2) is 0 Å². The molecule has 0 aliphatic carbocycles. The van der Waals surface area contributed by atoms with E-state index in [1.165, 1.54) is 5.69 Å². The Kier molecular flexibility index (Phi) is 5.52. The number of hydrogen-bond donors (Lipinski definition) is 2. The third-order valence-electron chi connectivity index (χ3n) is 4.48. The van der Waals surface area contributed by atoms with Gasteiger partial charge in [0.2, 0.25) is 0 Å². The number of aryl methyl sites for hydroxylation is 2. The fourth-order valence-corrected chi connectivity index (χ4v) is 3.16. The molecule has 0 aromatic carbocycles. The molecule has 0 aliphatic heterocycles. The number of rotatable bonds is 7. The second-order valence-electron chi connectivity index (χ2n) is 5.53. The van der Waals surface area contributed by atoms with Gasteiger partial charge in [-0.05, 0) is 39.9 Å². The Bertz CT molecular complexity index is 393. The van der Waals surface area contributed by atoms with Crippen molar-refractivity contribution >= 4 is 0 Å². The quantitative estimate of drug-likeness (QED) is 0.576. The fraction of sp³-hybridized carbons (Fsp3) is 0.786. The van der Waals surface area contributed by atoms with Gasteiger partial charge in [0.1, 0.15) is 0 Å². The molecule has 3 N–H and O–H groups in total. The highest BCUT2D eigenvalue weighted by molar-refractivity contribution is 5.12. The number of nitrogens with two attached hydrogens (primary N) is 1. The summed E-state index contributed by atoms with van der Waals surface area (Å²) in [5, 5.41) is 4.41. The Labute approximate surface area is 117 Å².